The zero-order chi connectivity index (χ0) is 5.56. The van der Waals surface area contributed by atoms with Crippen molar-refractivity contribution in [2.24, 2.45) is 17.8 Å². The van der Waals surface area contributed by atoms with Crippen LogP contribution >= 0.6 is 0 Å². The van der Waals surface area contributed by atoms with Crippen LogP contribution in [0.5, 0.6) is 0 Å². The second kappa shape index (κ2) is 1.37. The van der Waals surface area contributed by atoms with E-state index in [2.05, 4.69) is 19.1 Å². The van der Waals surface area contributed by atoms with Crippen LogP contribution in [0.3, 0.4) is 0 Å². The monoisotopic (exact) mass is 107 g/mol. The molecule has 0 heteroatoms. The van der Waals surface area contributed by atoms with Crippen LogP contribution in [0.15, 0.2) is 12.2 Å². The third-order valence-corrected chi connectivity index (χ3v) is 2.42. The zero-order valence-corrected chi connectivity index (χ0v) is 5.01. The molecular formula is C8H11. The van der Waals surface area contributed by atoms with E-state index >= 15 is 0 Å². The third kappa shape index (κ3) is 0.460. The summed E-state index contributed by atoms with van der Waals surface area (Å²) in [4.78, 5) is 0. The average molecular weight is 107 g/mol. The Bertz CT molecular complexity index is 124. The van der Waals surface area contributed by atoms with Gasteiger partial charge in [-0.1, -0.05) is 12.2 Å². The van der Waals surface area contributed by atoms with Gasteiger partial charge in [-0.15, -0.1) is 0 Å². The largest absolute Gasteiger partial charge is 0.0882 e. The number of fused-ring (bicyclic) bond motifs is 1. The Morgan fingerprint density at radius 1 is 1.50 bits per heavy atom. The molecule has 1 radical (unpaired) electrons. The summed E-state index contributed by atoms with van der Waals surface area (Å²) in [5.41, 5.74) is 0. The fraction of sp³-hybridized carbons (Fsp3) is 0.625. The fourth-order valence-electron chi connectivity index (χ4n) is 1.71. The van der Waals surface area contributed by atoms with Crippen LogP contribution in [-0.2, 0) is 0 Å². The topological polar surface area (TPSA) is 0 Å². The molecule has 0 amide bonds. The molecule has 1 saturated carbocycles. The molecule has 0 aromatic carbocycles. The van der Waals surface area contributed by atoms with Gasteiger partial charge in [0.2, 0.25) is 0 Å². The molecule has 0 bridgehead atoms. The smallest absolute Gasteiger partial charge is 0.0171 e. The van der Waals surface area contributed by atoms with E-state index in [9.17, 15) is 0 Å². The molecule has 3 atom stereocenters. The predicted octanol–water partition coefficient (Wildman–Crippen LogP) is 2.03. The summed E-state index contributed by atoms with van der Waals surface area (Å²) in [6.45, 7) is 4.04. The van der Waals surface area contributed by atoms with E-state index < -0.39 is 0 Å². The molecular weight excluding hydrogens is 96.1 g/mol. The lowest BCUT2D eigenvalue weighted by molar-refractivity contribution is 0.670. The summed E-state index contributed by atoms with van der Waals surface area (Å²) >= 11 is 0. The minimum absolute atomic E-state index is 0.772. The van der Waals surface area contributed by atoms with Gasteiger partial charge in [-0.25, -0.2) is 0 Å². The van der Waals surface area contributed by atoms with Gasteiger partial charge in [0.15, 0.2) is 0 Å². The highest BCUT2D eigenvalue weighted by molar-refractivity contribution is 5.13. The van der Waals surface area contributed by atoms with Gasteiger partial charge in [0.05, 0.1) is 0 Å². The molecule has 0 heterocycles. The molecule has 43 valence electrons. The highest BCUT2D eigenvalue weighted by atomic mass is 14.5. The van der Waals surface area contributed by atoms with Crippen molar-refractivity contribution in [1.82, 2.24) is 0 Å². The lowest BCUT2D eigenvalue weighted by Gasteiger charge is -1.96. The van der Waals surface area contributed by atoms with Crippen molar-refractivity contribution >= 4 is 0 Å². The Labute approximate surface area is 50.6 Å². The molecule has 2 aliphatic rings. The van der Waals surface area contributed by atoms with Crippen LogP contribution in [0.1, 0.15) is 12.8 Å². The standard InChI is InChI=1S/C8H11/c1-6-7-4-2-3-5-8(6)7/h2,4,6-8H,1,3,5H2. The van der Waals surface area contributed by atoms with Crippen molar-refractivity contribution in [2.45, 2.75) is 12.8 Å². The van der Waals surface area contributed by atoms with Crippen molar-refractivity contribution in [2.75, 3.05) is 0 Å². The van der Waals surface area contributed by atoms with Gasteiger partial charge in [-0.05, 0) is 37.5 Å². The molecule has 0 N–H and O–H groups in total. The normalized spacial score (nSPS) is 50.9. The first-order valence-electron chi connectivity index (χ1n) is 3.39. The molecule has 2 aliphatic carbocycles. The van der Waals surface area contributed by atoms with E-state index in [0.29, 0.717) is 0 Å². The lowest BCUT2D eigenvalue weighted by Crippen LogP contribution is -1.83. The van der Waals surface area contributed by atoms with Crippen molar-refractivity contribution in [1.29, 1.82) is 0 Å². The van der Waals surface area contributed by atoms with Gasteiger partial charge in [-0.2, -0.15) is 0 Å². The highest BCUT2D eigenvalue weighted by Gasteiger charge is 2.44. The van der Waals surface area contributed by atoms with Crippen LogP contribution in [0.4, 0.5) is 0 Å². The minimum Gasteiger partial charge on any atom is -0.0882 e. The van der Waals surface area contributed by atoms with Gasteiger partial charge in [0.1, 0.15) is 0 Å². The molecule has 8 heavy (non-hydrogen) atoms. The zero-order valence-electron chi connectivity index (χ0n) is 5.01. The SMILES string of the molecule is [CH2]C1C2C=CCCC12. The van der Waals surface area contributed by atoms with Gasteiger partial charge in [-0.3, -0.25) is 0 Å². The van der Waals surface area contributed by atoms with Crippen LogP contribution in [-0.4, -0.2) is 0 Å². The summed E-state index contributed by atoms with van der Waals surface area (Å²) in [7, 11) is 0. The lowest BCUT2D eigenvalue weighted by atomic mass is 10.1. The molecule has 1 fully saturated rings. The van der Waals surface area contributed by atoms with Gasteiger partial charge >= 0.3 is 0 Å². The molecule has 0 saturated heterocycles. The van der Waals surface area contributed by atoms with Crippen LogP contribution in [0.2, 0.25) is 0 Å². The maximum Gasteiger partial charge on any atom is -0.0171 e. The average Bonchev–Trinajstić information content (AvgIpc) is 2.46. The molecule has 2 rings (SSSR count). The Morgan fingerprint density at radius 2 is 2.38 bits per heavy atom. The third-order valence-electron chi connectivity index (χ3n) is 2.42. The Balaban J connectivity index is 2.12. The number of allylic oxidation sites excluding steroid dienone is 2. The second-order valence-electron chi connectivity index (χ2n) is 2.91. The molecule has 0 aliphatic heterocycles. The molecule has 0 aromatic rings. The second-order valence-corrected chi connectivity index (χ2v) is 2.91. The van der Waals surface area contributed by atoms with Crippen molar-refractivity contribution in [3.63, 3.8) is 0 Å². The summed E-state index contributed by atoms with van der Waals surface area (Å²) in [5.74, 6) is 2.62. The summed E-state index contributed by atoms with van der Waals surface area (Å²) in [5, 5.41) is 0. The first-order valence-corrected chi connectivity index (χ1v) is 3.39. The Morgan fingerprint density at radius 3 is 2.88 bits per heavy atom. The maximum absolute atomic E-state index is 4.04. The van der Waals surface area contributed by atoms with Gasteiger partial charge < -0.3 is 0 Å². The molecule has 0 aromatic heterocycles. The van der Waals surface area contributed by atoms with E-state index in [1.165, 1.54) is 12.8 Å². The summed E-state index contributed by atoms with van der Waals surface area (Å²) in [6.07, 6.45) is 7.33. The first kappa shape index (κ1) is 4.60. The van der Waals surface area contributed by atoms with E-state index in [-0.39, 0.29) is 0 Å². The Hall–Kier alpha value is -0.260. The highest BCUT2D eigenvalue weighted by Crippen LogP contribution is 2.51. The quantitative estimate of drug-likeness (QED) is 0.415. The van der Waals surface area contributed by atoms with Crippen molar-refractivity contribution in [3.05, 3.63) is 19.1 Å². The maximum atomic E-state index is 4.04. The van der Waals surface area contributed by atoms with Crippen molar-refractivity contribution < 1.29 is 0 Å². The summed E-state index contributed by atoms with van der Waals surface area (Å²) in [6, 6.07) is 0. The van der Waals surface area contributed by atoms with E-state index in [1.807, 2.05) is 0 Å². The van der Waals surface area contributed by atoms with Crippen LogP contribution in [0, 0.1) is 24.7 Å². The van der Waals surface area contributed by atoms with E-state index in [4.69, 9.17) is 0 Å². The molecule has 0 spiro atoms. The predicted molar refractivity (Wildman–Crippen MR) is 34.2 cm³/mol. The molecule has 0 nitrogen and oxygen atoms in total. The van der Waals surface area contributed by atoms with Crippen molar-refractivity contribution in [3.8, 4) is 0 Å². The number of rotatable bonds is 0. The van der Waals surface area contributed by atoms with Crippen LogP contribution in [0.25, 0.3) is 0 Å². The summed E-state index contributed by atoms with van der Waals surface area (Å²) < 4.78 is 0. The fourth-order valence-corrected chi connectivity index (χ4v) is 1.71. The minimum atomic E-state index is 0.772. The van der Waals surface area contributed by atoms with Gasteiger partial charge in [0, 0.05) is 0 Å². The number of hydrogen-bond donors (Lipinski definition) is 0. The van der Waals surface area contributed by atoms with Crippen LogP contribution < -0.4 is 0 Å². The molecule has 3 unspecified atom stereocenters. The Kier molecular flexibility index (Phi) is 0.787. The van der Waals surface area contributed by atoms with E-state index in [0.717, 1.165) is 17.8 Å². The van der Waals surface area contributed by atoms with Gasteiger partial charge in [0.25, 0.3) is 0 Å². The first-order chi connectivity index (χ1) is 3.89. The number of hydrogen-bond acceptors (Lipinski definition) is 0. The van der Waals surface area contributed by atoms with E-state index in [1.54, 1.807) is 0 Å².